The van der Waals surface area contributed by atoms with E-state index in [1.165, 1.54) is 20.4 Å². The third-order valence-corrected chi connectivity index (χ3v) is 4.54. The average molecular weight is 331 g/mol. The van der Waals surface area contributed by atoms with Crippen LogP contribution in [0.4, 0.5) is 5.69 Å². The van der Waals surface area contributed by atoms with Crippen molar-refractivity contribution < 1.29 is 4.74 Å². The number of nitrogens with zero attached hydrogens (tertiary/aromatic N) is 1. The van der Waals surface area contributed by atoms with Gasteiger partial charge in [0.15, 0.2) is 0 Å². The van der Waals surface area contributed by atoms with Crippen LogP contribution in [0.15, 0.2) is 12.1 Å². The number of halogens is 1. The van der Waals surface area contributed by atoms with E-state index in [1.54, 1.807) is 0 Å². The first-order valence-electron chi connectivity index (χ1n) is 5.71. The van der Waals surface area contributed by atoms with Crippen LogP contribution in [0.25, 0.3) is 0 Å². The average Bonchev–Trinajstić information content (AvgIpc) is 2.28. The smallest absolute Gasteiger partial charge is 0.0668 e. The largest absolute Gasteiger partial charge is 0.377 e. The summed E-state index contributed by atoms with van der Waals surface area (Å²) in [5.74, 6) is 0. The van der Waals surface area contributed by atoms with Crippen LogP contribution in [0.3, 0.4) is 0 Å². The molecule has 1 aliphatic rings. The van der Waals surface area contributed by atoms with Crippen LogP contribution in [0, 0.1) is 17.4 Å². The quantitative estimate of drug-likeness (QED) is 0.733. The lowest BCUT2D eigenvalue weighted by molar-refractivity contribution is 0.0989. The van der Waals surface area contributed by atoms with Gasteiger partial charge in [0.1, 0.15) is 0 Å². The minimum absolute atomic E-state index is 0.479. The molecule has 0 spiro atoms. The van der Waals surface area contributed by atoms with Gasteiger partial charge in [-0.05, 0) is 66.6 Å². The highest BCUT2D eigenvalue weighted by molar-refractivity contribution is 14.1. The molecule has 0 bridgehead atoms. The fourth-order valence-corrected chi connectivity index (χ4v) is 2.75. The second-order valence-corrected chi connectivity index (χ2v) is 5.60. The maximum atomic E-state index is 5.48. The number of hydrogen-bond donors (Lipinski definition) is 0. The Hall–Kier alpha value is -0.290. The molecule has 1 atom stereocenters. The Labute approximate surface area is 111 Å². The van der Waals surface area contributed by atoms with Crippen molar-refractivity contribution in [3.8, 4) is 0 Å². The summed E-state index contributed by atoms with van der Waals surface area (Å²) in [5, 5.41) is 0. The van der Waals surface area contributed by atoms with Crippen molar-refractivity contribution in [3.05, 3.63) is 26.8 Å². The Morgan fingerprint density at radius 3 is 2.75 bits per heavy atom. The maximum Gasteiger partial charge on any atom is 0.0668 e. The van der Waals surface area contributed by atoms with Gasteiger partial charge in [0.05, 0.1) is 13.2 Å². The van der Waals surface area contributed by atoms with Gasteiger partial charge >= 0.3 is 0 Å². The summed E-state index contributed by atoms with van der Waals surface area (Å²) < 4.78 is 6.83. The number of hydrogen-bond acceptors (Lipinski definition) is 2. The molecule has 2 nitrogen and oxygen atoms in total. The molecule has 1 fully saturated rings. The van der Waals surface area contributed by atoms with E-state index in [0.717, 1.165) is 19.8 Å². The number of morpholine rings is 1. The monoisotopic (exact) mass is 331 g/mol. The molecular weight excluding hydrogens is 313 g/mol. The Bertz CT molecular complexity index is 392. The van der Waals surface area contributed by atoms with Gasteiger partial charge in [-0.15, -0.1) is 0 Å². The van der Waals surface area contributed by atoms with E-state index in [1.807, 2.05) is 0 Å². The number of ether oxygens (including phenoxy) is 1. The van der Waals surface area contributed by atoms with Crippen molar-refractivity contribution >= 4 is 28.3 Å². The Morgan fingerprint density at radius 2 is 2.06 bits per heavy atom. The van der Waals surface area contributed by atoms with Gasteiger partial charge < -0.3 is 9.64 Å². The molecule has 1 aliphatic heterocycles. The topological polar surface area (TPSA) is 12.5 Å². The molecule has 0 N–H and O–H groups in total. The van der Waals surface area contributed by atoms with E-state index in [4.69, 9.17) is 4.74 Å². The van der Waals surface area contributed by atoms with Crippen molar-refractivity contribution in [1.82, 2.24) is 0 Å². The number of rotatable bonds is 1. The summed E-state index contributed by atoms with van der Waals surface area (Å²) in [6.45, 7) is 9.33. The lowest BCUT2D eigenvalue weighted by Gasteiger charge is -2.36. The summed E-state index contributed by atoms with van der Waals surface area (Å²) in [5.41, 5.74) is 4.17. The van der Waals surface area contributed by atoms with Gasteiger partial charge in [0.25, 0.3) is 0 Å². The lowest BCUT2D eigenvalue weighted by atomic mass is 10.1. The number of anilines is 1. The van der Waals surface area contributed by atoms with E-state index in [9.17, 15) is 0 Å². The molecule has 3 heteroatoms. The van der Waals surface area contributed by atoms with Crippen LogP contribution >= 0.6 is 22.6 Å². The van der Waals surface area contributed by atoms with Gasteiger partial charge in [0, 0.05) is 21.8 Å². The standard InChI is InChI=1S/C13H18INO/c1-9-8-16-7-6-15(9)13-5-4-12(14)10(2)11(13)3/h4-5,9H,6-8H2,1-3H3. The van der Waals surface area contributed by atoms with Gasteiger partial charge in [-0.2, -0.15) is 0 Å². The summed E-state index contributed by atoms with van der Waals surface area (Å²) in [7, 11) is 0. The van der Waals surface area contributed by atoms with Crippen molar-refractivity contribution in [2.24, 2.45) is 0 Å². The van der Waals surface area contributed by atoms with Crippen molar-refractivity contribution in [2.45, 2.75) is 26.8 Å². The first-order chi connectivity index (χ1) is 7.61. The van der Waals surface area contributed by atoms with Gasteiger partial charge in [-0.3, -0.25) is 0 Å². The highest BCUT2D eigenvalue weighted by atomic mass is 127. The third-order valence-electron chi connectivity index (χ3n) is 3.37. The lowest BCUT2D eigenvalue weighted by Crippen LogP contribution is -2.44. The molecule has 1 aromatic carbocycles. The molecule has 0 saturated carbocycles. The minimum atomic E-state index is 0.479. The highest BCUT2D eigenvalue weighted by Crippen LogP contribution is 2.28. The normalized spacial score (nSPS) is 21.2. The summed E-state index contributed by atoms with van der Waals surface area (Å²) in [6.07, 6.45) is 0. The minimum Gasteiger partial charge on any atom is -0.377 e. The molecule has 88 valence electrons. The zero-order valence-electron chi connectivity index (χ0n) is 10.1. The summed E-state index contributed by atoms with van der Waals surface area (Å²) in [4.78, 5) is 2.46. The molecule has 0 aliphatic carbocycles. The van der Waals surface area contributed by atoms with E-state index >= 15 is 0 Å². The van der Waals surface area contributed by atoms with Crippen LogP contribution in [0.5, 0.6) is 0 Å². The Morgan fingerprint density at radius 1 is 1.31 bits per heavy atom. The zero-order valence-corrected chi connectivity index (χ0v) is 12.2. The Balaban J connectivity index is 2.36. The fraction of sp³-hybridized carbons (Fsp3) is 0.538. The van der Waals surface area contributed by atoms with Crippen molar-refractivity contribution in [3.63, 3.8) is 0 Å². The zero-order chi connectivity index (χ0) is 11.7. The van der Waals surface area contributed by atoms with Gasteiger partial charge in [-0.1, -0.05) is 0 Å². The van der Waals surface area contributed by atoms with E-state index in [0.29, 0.717) is 6.04 Å². The number of benzene rings is 1. The van der Waals surface area contributed by atoms with Crippen molar-refractivity contribution in [2.75, 3.05) is 24.7 Å². The molecular formula is C13H18INO. The highest BCUT2D eigenvalue weighted by Gasteiger charge is 2.21. The molecule has 0 radical (unpaired) electrons. The van der Waals surface area contributed by atoms with E-state index < -0.39 is 0 Å². The first kappa shape index (κ1) is 12.2. The summed E-state index contributed by atoms with van der Waals surface area (Å²) >= 11 is 2.40. The van der Waals surface area contributed by atoms with Crippen LogP contribution < -0.4 is 4.90 Å². The van der Waals surface area contributed by atoms with Crippen LogP contribution in [-0.2, 0) is 4.74 Å². The fourth-order valence-electron chi connectivity index (χ4n) is 2.17. The molecule has 1 heterocycles. The molecule has 2 rings (SSSR count). The van der Waals surface area contributed by atoms with E-state index in [-0.39, 0.29) is 0 Å². The van der Waals surface area contributed by atoms with Gasteiger partial charge in [-0.25, -0.2) is 0 Å². The second-order valence-electron chi connectivity index (χ2n) is 4.43. The predicted molar refractivity (Wildman–Crippen MR) is 76.3 cm³/mol. The molecule has 0 aromatic heterocycles. The maximum absolute atomic E-state index is 5.48. The predicted octanol–water partition coefficient (Wildman–Crippen LogP) is 3.13. The van der Waals surface area contributed by atoms with E-state index in [2.05, 4.69) is 60.4 Å². The van der Waals surface area contributed by atoms with Gasteiger partial charge in [0.2, 0.25) is 0 Å². The first-order valence-corrected chi connectivity index (χ1v) is 6.79. The van der Waals surface area contributed by atoms with Crippen LogP contribution in [0.2, 0.25) is 0 Å². The SMILES string of the molecule is Cc1c(I)ccc(N2CCOCC2C)c1C. The third kappa shape index (κ3) is 2.20. The Kier molecular flexibility index (Phi) is 3.74. The van der Waals surface area contributed by atoms with Crippen molar-refractivity contribution in [1.29, 1.82) is 0 Å². The van der Waals surface area contributed by atoms with Crippen LogP contribution in [0.1, 0.15) is 18.1 Å². The summed E-state index contributed by atoms with van der Waals surface area (Å²) in [6, 6.07) is 4.93. The molecule has 16 heavy (non-hydrogen) atoms. The second kappa shape index (κ2) is 4.92. The molecule has 1 saturated heterocycles. The van der Waals surface area contributed by atoms with Crippen LogP contribution in [-0.4, -0.2) is 25.8 Å². The molecule has 0 amide bonds. The molecule has 1 aromatic rings. The molecule has 1 unspecified atom stereocenters.